The first-order valence-corrected chi connectivity index (χ1v) is 7.46. The molecule has 2 aromatic carbocycles. The predicted octanol–water partition coefficient (Wildman–Crippen LogP) is 4.68. The van der Waals surface area contributed by atoms with Crippen molar-refractivity contribution in [2.24, 2.45) is 4.99 Å². The maximum absolute atomic E-state index is 14.3. The van der Waals surface area contributed by atoms with E-state index >= 15 is 0 Å². The molecule has 6 heteroatoms. The van der Waals surface area contributed by atoms with Crippen LogP contribution in [0.5, 0.6) is 0 Å². The molecule has 2 heterocycles. The number of nitrogens with one attached hydrogen (secondary N) is 2. The molecule has 0 radical (unpaired) electrons. The lowest BCUT2D eigenvalue weighted by atomic mass is 10.1. The first kappa shape index (κ1) is 14.0. The monoisotopic (exact) mass is 326 g/mol. The lowest BCUT2D eigenvalue weighted by Crippen LogP contribution is -2.15. The Balaban J connectivity index is 1.97. The fourth-order valence-corrected chi connectivity index (χ4v) is 2.91. The Hall–Kier alpha value is -2.66. The summed E-state index contributed by atoms with van der Waals surface area (Å²) in [5.74, 6) is -0.0669. The molecule has 114 valence electrons. The van der Waals surface area contributed by atoms with Crippen LogP contribution in [-0.2, 0) is 0 Å². The minimum Gasteiger partial charge on any atom is -0.339 e. The zero-order valence-electron chi connectivity index (χ0n) is 12.2. The van der Waals surface area contributed by atoms with Crippen LogP contribution in [0.4, 0.5) is 15.8 Å². The third kappa shape index (κ3) is 2.29. The van der Waals surface area contributed by atoms with Crippen molar-refractivity contribution < 1.29 is 4.39 Å². The van der Waals surface area contributed by atoms with Crippen molar-refractivity contribution in [1.29, 1.82) is 0 Å². The molecule has 0 amide bonds. The van der Waals surface area contributed by atoms with Crippen LogP contribution in [0.3, 0.4) is 0 Å². The van der Waals surface area contributed by atoms with Crippen molar-refractivity contribution in [3.63, 3.8) is 0 Å². The quantitative estimate of drug-likeness (QED) is 0.682. The summed E-state index contributed by atoms with van der Waals surface area (Å²) in [4.78, 5) is 4.52. The normalized spacial score (nSPS) is 12.7. The Morgan fingerprint density at radius 3 is 2.87 bits per heavy atom. The zero-order valence-corrected chi connectivity index (χ0v) is 12.9. The molecule has 1 aliphatic heterocycles. The highest BCUT2D eigenvalue weighted by atomic mass is 35.5. The third-order valence-corrected chi connectivity index (χ3v) is 4.06. The number of amidine groups is 1. The minimum atomic E-state index is -0.427. The Kier molecular flexibility index (Phi) is 3.16. The van der Waals surface area contributed by atoms with E-state index in [0.717, 1.165) is 22.5 Å². The van der Waals surface area contributed by atoms with E-state index in [1.165, 1.54) is 6.07 Å². The van der Waals surface area contributed by atoms with E-state index in [1.54, 1.807) is 18.3 Å². The third-order valence-electron chi connectivity index (χ3n) is 3.75. The van der Waals surface area contributed by atoms with Crippen LogP contribution < -0.4 is 5.32 Å². The Morgan fingerprint density at radius 2 is 2.04 bits per heavy atom. The smallest absolute Gasteiger partial charge is 0.143 e. The molecule has 1 aliphatic rings. The molecular weight excluding hydrogens is 315 g/mol. The van der Waals surface area contributed by atoms with E-state index in [4.69, 9.17) is 11.6 Å². The van der Waals surface area contributed by atoms with E-state index in [2.05, 4.69) is 20.5 Å². The highest BCUT2D eigenvalue weighted by molar-refractivity contribution is 6.35. The number of hydrogen-bond donors (Lipinski definition) is 2. The minimum absolute atomic E-state index is 0.245. The van der Waals surface area contributed by atoms with Crippen LogP contribution in [-0.4, -0.2) is 16.0 Å². The van der Waals surface area contributed by atoms with Gasteiger partial charge in [-0.2, -0.15) is 5.10 Å². The van der Waals surface area contributed by atoms with Crippen molar-refractivity contribution in [3.8, 4) is 11.3 Å². The average molecular weight is 327 g/mol. The summed E-state index contributed by atoms with van der Waals surface area (Å²) in [5, 5.41) is 10.5. The summed E-state index contributed by atoms with van der Waals surface area (Å²) in [6.07, 6.45) is 1.61. The van der Waals surface area contributed by atoms with E-state index in [0.29, 0.717) is 16.5 Å². The summed E-state index contributed by atoms with van der Waals surface area (Å²) in [6.45, 7) is 2.01. The Labute approximate surface area is 137 Å². The summed E-state index contributed by atoms with van der Waals surface area (Å²) in [5.41, 5.74) is 4.53. The van der Waals surface area contributed by atoms with Crippen LogP contribution >= 0.6 is 11.6 Å². The number of benzene rings is 2. The van der Waals surface area contributed by atoms with Crippen molar-refractivity contribution in [2.45, 2.75) is 6.92 Å². The van der Waals surface area contributed by atoms with E-state index in [1.807, 2.05) is 25.1 Å². The molecular formula is C17H12ClFN4. The van der Waals surface area contributed by atoms with Gasteiger partial charge in [0.05, 0.1) is 22.5 Å². The number of hydrogen-bond acceptors (Lipinski definition) is 3. The first-order valence-electron chi connectivity index (χ1n) is 7.08. The van der Waals surface area contributed by atoms with E-state index in [9.17, 15) is 4.39 Å². The van der Waals surface area contributed by atoms with Gasteiger partial charge in [-0.15, -0.1) is 0 Å². The molecule has 0 unspecified atom stereocenters. The van der Waals surface area contributed by atoms with Crippen molar-refractivity contribution in [3.05, 3.63) is 64.6 Å². The summed E-state index contributed by atoms with van der Waals surface area (Å²) >= 11 is 6.19. The van der Waals surface area contributed by atoms with Gasteiger partial charge in [0.15, 0.2) is 0 Å². The molecule has 4 nitrogen and oxygen atoms in total. The number of fused-ring (bicyclic) bond motifs is 3. The van der Waals surface area contributed by atoms with Crippen molar-refractivity contribution in [1.82, 2.24) is 10.2 Å². The lowest BCUT2D eigenvalue weighted by molar-refractivity contribution is 0.625. The number of aryl methyl sites for hydroxylation is 1. The lowest BCUT2D eigenvalue weighted by Gasteiger charge is -2.13. The van der Waals surface area contributed by atoms with Crippen LogP contribution in [0, 0.1) is 12.7 Å². The molecule has 0 saturated carbocycles. The van der Waals surface area contributed by atoms with Gasteiger partial charge in [0.25, 0.3) is 0 Å². The highest BCUT2D eigenvalue weighted by Gasteiger charge is 2.22. The molecule has 0 saturated heterocycles. The number of nitrogens with zero attached hydrogens (tertiary/aromatic N) is 2. The highest BCUT2D eigenvalue weighted by Crippen LogP contribution is 2.38. The molecule has 0 fully saturated rings. The first-order chi connectivity index (χ1) is 11.1. The van der Waals surface area contributed by atoms with Gasteiger partial charge in [0.2, 0.25) is 0 Å². The molecule has 0 aliphatic carbocycles. The second-order valence-electron chi connectivity index (χ2n) is 5.36. The van der Waals surface area contributed by atoms with Crippen LogP contribution in [0.25, 0.3) is 11.3 Å². The fourth-order valence-electron chi connectivity index (χ4n) is 2.66. The van der Waals surface area contributed by atoms with Crippen molar-refractivity contribution >= 4 is 28.8 Å². The van der Waals surface area contributed by atoms with Crippen molar-refractivity contribution in [2.75, 3.05) is 5.32 Å². The number of anilines is 1. The molecule has 1 aromatic heterocycles. The number of halogens is 2. The van der Waals surface area contributed by atoms with E-state index in [-0.39, 0.29) is 5.56 Å². The fraction of sp³-hybridized carbons (Fsp3) is 0.0588. The summed E-state index contributed by atoms with van der Waals surface area (Å²) in [6, 6.07) is 10.5. The van der Waals surface area contributed by atoms with Gasteiger partial charge >= 0.3 is 0 Å². The number of H-pyrrole nitrogens is 1. The number of aromatic nitrogens is 2. The maximum Gasteiger partial charge on any atom is 0.143 e. The average Bonchev–Trinajstić information content (AvgIpc) is 2.91. The predicted molar refractivity (Wildman–Crippen MR) is 90.0 cm³/mol. The standard InChI is InChI=1S/C17H12ClFN4/c1-9-5-6-13-10(7-9)16-14(8-20-23-16)22-17(21-13)15-11(18)3-2-4-12(15)19/h2-8H,1H3,(H,20,23)(H,21,22). The largest absolute Gasteiger partial charge is 0.339 e. The Morgan fingerprint density at radius 1 is 1.17 bits per heavy atom. The van der Waals surface area contributed by atoms with Gasteiger partial charge in [0, 0.05) is 11.3 Å². The molecule has 2 N–H and O–H groups in total. The van der Waals surface area contributed by atoms with Crippen LogP contribution in [0.2, 0.25) is 5.02 Å². The second kappa shape index (κ2) is 5.21. The number of aliphatic imine (C=N–C) groups is 1. The molecule has 0 bridgehead atoms. The Bertz CT molecular complexity index is 925. The van der Waals surface area contributed by atoms with Gasteiger partial charge in [-0.25, -0.2) is 9.38 Å². The molecule has 3 aromatic rings. The van der Waals surface area contributed by atoms with Crippen LogP contribution in [0.1, 0.15) is 11.1 Å². The van der Waals surface area contributed by atoms with Crippen LogP contribution in [0.15, 0.2) is 47.6 Å². The molecule has 23 heavy (non-hydrogen) atoms. The molecule has 0 atom stereocenters. The molecule has 4 rings (SSSR count). The zero-order chi connectivity index (χ0) is 16.0. The van der Waals surface area contributed by atoms with Gasteiger partial charge in [-0.1, -0.05) is 29.3 Å². The summed E-state index contributed by atoms with van der Waals surface area (Å²) in [7, 11) is 0. The maximum atomic E-state index is 14.3. The van der Waals surface area contributed by atoms with Gasteiger partial charge in [-0.3, -0.25) is 5.10 Å². The van der Waals surface area contributed by atoms with E-state index < -0.39 is 5.82 Å². The number of aromatic amines is 1. The van der Waals surface area contributed by atoms with Gasteiger partial charge < -0.3 is 5.32 Å². The SMILES string of the molecule is Cc1ccc2c(c1)-c1[nH]ncc1N=C(c1c(F)cccc1Cl)N2. The summed E-state index contributed by atoms with van der Waals surface area (Å²) < 4.78 is 14.3. The topological polar surface area (TPSA) is 53.1 Å². The number of rotatable bonds is 1. The van der Waals surface area contributed by atoms with Gasteiger partial charge in [-0.05, 0) is 31.2 Å². The molecule has 0 spiro atoms. The van der Waals surface area contributed by atoms with Gasteiger partial charge in [0.1, 0.15) is 17.3 Å². The second-order valence-corrected chi connectivity index (χ2v) is 5.77.